The number of primary amides is 1. The summed E-state index contributed by atoms with van der Waals surface area (Å²) in [4.78, 5) is 18.6. The van der Waals surface area contributed by atoms with Crippen LogP contribution >= 0.6 is 0 Å². The van der Waals surface area contributed by atoms with E-state index in [9.17, 15) is 4.79 Å². The highest BCUT2D eigenvalue weighted by Crippen LogP contribution is 2.40. The Morgan fingerprint density at radius 2 is 2.09 bits per heavy atom. The number of amides is 1. The summed E-state index contributed by atoms with van der Waals surface area (Å²) in [5, 5.41) is 1.06. The number of hydrogen-bond acceptors (Lipinski definition) is 3. The van der Waals surface area contributed by atoms with Crippen molar-refractivity contribution in [2.75, 3.05) is 19.6 Å². The lowest BCUT2D eigenvalue weighted by atomic mass is 9.74. The zero-order chi connectivity index (χ0) is 15.3. The lowest BCUT2D eigenvalue weighted by molar-refractivity contribution is 0.0868. The molecule has 2 N–H and O–H groups in total. The van der Waals surface area contributed by atoms with Crippen molar-refractivity contribution in [1.82, 2.24) is 9.88 Å². The first kappa shape index (κ1) is 13.7. The number of rotatable bonds is 2. The van der Waals surface area contributed by atoms with Crippen molar-refractivity contribution < 1.29 is 4.79 Å². The van der Waals surface area contributed by atoms with Gasteiger partial charge in [0.25, 0.3) is 0 Å². The van der Waals surface area contributed by atoms with E-state index in [1.54, 1.807) is 6.07 Å². The maximum Gasteiger partial charge on any atom is 0.248 e. The zero-order valence-corrected chi connectivity index (χ0v) is 12.9. The van der Waals surface area contributed by atoms with E-state index in [1.165, 1.54) is 37.1 Å². The monoisotopic (exact) mass is 295 g/mol. The summed E-state index contributed by atoms with van der Waals surface area (Å²) < 4.78 is 0. The fourth-order valence-electron chi connectivity index (χ4n) is 4.18. The SMILES string of the molecule is Cc1c(C2CN3CCC2CC3)cnc2ccc(C(N)=O)cc12. The van der Waals surface area contributed by atoms with Crippen molar-refractivity contribution in [3.63, 3.8) is 0 Å². The van der Waals surface area contributed by atoms with Gasteiger partial charge in [-0.05, 0) is 68.1 Å². The number of carbonyl (C=O) groups is 1. The molecule has 1 amide bonds. The van der Waals surface area contributed by atoms with Gasteiger partial charge in [-0.1, -0.05) is 0 Å². The molecule has 0 spiro atoms. The topological polar surface area (TPSA) is 59.2 Å². The Labute approximate surface area is 130 Å². The molecular formula is C18H21N3O. The molecule has 4 nitrogen and oxygen atoms in total. The van der Waals surface area contributed by atoms with Crippen molar-refractivity contribution in [2.24, 2.45) is 11.7 Å². The standard InChI is InChI=1S/C18H21N3O/c1-11-14-8-13(18(19)22)2-3-17(14)20-9-15(11)16-10-21-6-4-12(16)5-7-21/h2-3,8-9,12,16H,4-7,10H2,1H3,(H2,19,22). The van der Waals surface area contributed by atoms with Gasteiger partial charge in [-0.3, -0.25) is 9.78 Å². The molecule has 4 heterocycles. The average Bonchev–Trinajstić information content (AvgIpc) is 2.56. The molecular weight excluding hydrogens is 274 g/mol. The van der Waals surface area contributed by atoms with Crippen LogP contribution < -0.4 is 5.73 Å². The van der Waals surface area contributed by atoms with E-state index in [0.29, 0.717) is 11.5 Å². The smallest absolute Gasteiger partial charge is 0.248 e. The zero-order valence-electron chi connectivity index (χ0n) is 12.9. The number of benzene rings is 1. The van der Waals surface area contributed by atoms with Crippen LogP contribution in [0.2, 0.25) is 0 Å². The van der Waals surface area contributed by atoms with Crippen LogP contribution in [0, 0.1) is 12.8 Å². The molecule has 5 rings (SSSR count). The van der Waals surface area contributed by atoms with Crippen LogP contribution in [0.25, 0.3) is 10.9 Å². The first-order valence-corrected chi connectivity index (χ1v) is 8.05. The van der Waals surface area contributed by atoms with Gasteiger partial charge in [-0.25, -0.2) is 0 Å². The molecule has 1 unspecified atom stereocenters. The summed E-state index contributed by atoms with van der Waals surface area (Å²) in [6, 6.07) is 5.54. The molecule has 3 aliphatic heterocycles. The van der Waals surface area contributed by atoms with Gasteiger partial charge in [-0.15, -0.1) is 0 Å². The normalized spacial score (nSPS) is 27.2. The molecule has 3 aliphatic rings. The van der Waals surface area contributed by atoms with Gasteiger partial charge in [0.1, 0.15) is 0 Å². The van der Waals surface area contributed by atoms with Crippen molar-refractivity contribution in [2.45, 2.75) is 25.7 Å². The summed E-state index contributed by atoms with van der Waals surface area (Å²) in [5.41, 5.74) is 9.52. The molecule has 3 saturated heterocycles. The Bertz CT molecular complexity index is 747. The average molecular weight is 295 g/mol. The van der Waals surface area contributed by atoms with Gasteiger partial charge in [0, 0.05) is 29.6 Å². The largest absolute Gasteiger partial charge is 0.366 e. The van der Waals surface area contributed by atoms with Gasteiger partial charge < -0.3 is 10.6 Å². The fraction of sp³-hybridized carbons (Fsp3) is 0.444. The van der Waals surface area contributed by atoms with E-state index in [2.05, 4.69) is 16.8 Å². The van der Waals surface area contributed by atoms with Gasteiger partial charge in [-0.2, -0.15) is 0 Å². The van der Waals surface area contributed by atoms with E-state index < -0.39 is 0 Å². The maximum atomic E-state index is 11.4. The van der Waals surface area contributed by atoms with Crippen LogP contribution in [0.5, 0.6) is 0 Å². The van der Waals surface area contributed by atoms with Crippen LogP contribution in [0.4, 0.5) is 0 Å². The highest BCUT2D eigenvalue weighted by molar-refractivity contribution is 5.97. The quantitative estimate of drug-likeness (QED) is 0.926. The van der Waals surface area contributed by atoms with E-state index in [-0.39, 0.29) is 5.91 Å². The Kier molecular flexibility index (Phi) is 3.15. The summed E-state index contributed by atoms with van der Waals surface area (Å²) in [6.45, 7) is 5.79. The van der Waals surface area contributed by atoms with E-state index in [1.807, 2.05) is 18.3 Å². The number of aryl methyl sites for hydroxylation is 1. The number of carbonyl (C=O) groups excluding carboxylic acids is 1. The third-order valence-corrected chi connectivity index (χ3v) is 5.52. The number of hydrogen-bond donors (Lipinski definition) is 1. The molecule has 0 saturated carbocycles. The van der Waals surface area contributed by atoms with Crippen LogP contribution in [-0.4, -0.2) is 35.4 Å². The Hall–Kier alpha value is -1.94. The summed E-state index contributed by atoms with van der Waals surface area (Å²) in [5.74, 6) is 0.980. The molecule has 4 heteroatoms. The molecule has 0 radical (unpaired) electrons. The predicted molar refractivity (Wildman–Crippen MR) is 86.9 cm³/mol. The van der Waals surface area contributed by atoms with Gasteiger partial charge in [0.05, 0.1) is 5.52 Å². The van der Waals surface area contributed by atoms with E-state index in [0.717, 1.165) is 23.4 Å². The lowest BCUT2D eigenvalue weighted by Crippen LogP contribution is -2.46. The molecule has 22 heavy (non-hydrogen) atoms. The second-order valence-electron chi connectivity index (χ2n) is 6.68. The maximum absolute atomic E-state index is 11.4. The van der Waals surface area contributed by atoms with E-state index in [4.69, 9.17) is 5.73 Å². The van der Waals surface area contributed by atoms with Crippen LogP contribution in [-0.2, 0) is 0 Å². The second kappa shape index (κ2) is 5.06. The third kappa shape index (κ3) is 2.10. The van der Waals surface area contributed by atoms with Crippen molar-refractivity contribution >= 4 is 16.8 Å². The predicted octanol–water partition coefficient (Wildman–Crippen LogP) is 2.45. The van der Waals surface area contributed by atoms with Crippen LogP contribution in [0.3, 0.4) is 0 Å². The number of fused-ring (bicyclic) bond motifs is 4. The molecule has 1 aromatic heterocycles. The summed E-state index contributed by atoms with van der Waals surface area (Å²) in [7, 11) is 0. The number of nitrogens with zero attached hydrogens (tertiary/aromatic N) is 2. The minimum atomic E-state index is -0.380. The van der Waals surface area contributed by atoms with Crippen molar-refractivity contribution in [1.29, 1.82) is 0 Å². The molecule has 0 aliphatic carbocycles. The Morgan fingerprint density at radius 1 is 1.32 bits per heavy atom. The van der Waals surface area contributed by atoms with Crippen LogP contribution in [0.15, 0.2) is 24.4 Å². The third-order valence-electron chi connectivity index (χ3n) is 5.52. The molecule has 2 aromatic rings. The lowest BCUT2D eigenvalue weighted by Gasteiger charge is -2.45. The second-order valence-corrected chi connectivity index (χ2v) is 6.68. The van der Waals surface area contributed by atoms with Crippen molar-refractivity contribution in [3.05, 3.63) is 41.1 Å². The van der Waals surface area contributed by atoms with Crippen LogP contribution in [0.1, 0.15) is 40.2 Å². The van der Waals surface area contributed by atoms with Crippen molar-refractivity contribution in [3.8, 4) is 0 Å². The Morgan fingerprint density at radius 3 is 2.73 bits per heavy atom. The first-order chi connectivity index (χ1) is 10.6. The summed E-state index contributed by atoms with van der Waals surface area (Å²) >= 11 is 0. The minimum absolute atomic E-state index is 0.380. The summed E-state index contributed by atoms with van der Waals surface area (Å²) in [6.07, 6.45) is 4.64. The number of aromatic nitrogens is 1. The molecule has 2 bridgehead atoms. The Balaban J connectivity index is 1.81. The first-order valence-electron chi connectivity index (χ1n) is 8.05. The van der Waals surface area contributed by atoms with Gasteiger partial charge in [0.15, 0.2) is 0 Å². The molecule has 114 valence electrons. The number of piperidine rings is 3. The number of nitrogens with two attached hydrogens (primary N) is 1. The highest BCUT2D eigenvalue weighted by Gasteiger charge is 2.35. The molecule has 1 atom stereocenters. The highest BCUT2D eigenvalue weighted by atomic mass is 16.1. The molecule has 3 fully saturated rings. The number of pyridine rings is 1. The fourth-order valence-corrected chi connectivity index (χ4v) is 4.18. The minimum Gasteiger partial charge on any atom is -0.366 e. The van der Waals surface area contributed by atoms with E-state index >= 15 is 0 Å². The van der Waals surface area contributed by atoms with Gasteiger partial charge in [0.2, 0.25) is 5.91 Å². The molecule has 1 aromatic carbocycles. The van der Waals surface area contributed by atoms with Gasteiger partial charge >= 0.3 is 0 Å².